The number of nitrogens with zero attached hydrogens (tertiary/aromatic N) is 1. The van der Waals surface area contributed by atoms with Crippen LogP contribution in [0.1, 0.15) is 59.8 Å². The van der Waals surface area contributed by atoms with E-state index < -0.39 is 0 Å². The Morgan fingerprint density at radius 2 is 1.88 bits per heavy atom. The van der Waals surface area contributed by atoms with Crippen LogP contribution < -0.4 is 16.0 Å². The van der Waals surface area contributed by atoms with Gasteiger partial charge in [-0.3, -0.25) is 4.99 Å². The van der Waals surface area contributed by atoms with Crippen molar-refractivity contribution in [2.75, 3.05) is 7.05 Å². The van der Waals surface area contributed by atoms with Crippen LogP contribution in [0, 0.1) is 0 Å². The highest BCUT2D eigenvalue weighted by Crippen LogP contribution is 2.30. The van der Waals surface area contributed by atoms with Gasteiger partial charge in [0.15, 0.2) is 0 Å². The number of allylic oxidation sites excluding steroid dienone is 7. The summed E-state index contributed by atoms with van der Waals surface area (Å²) in [6.45, 7) is 15.6. The molecule has 0 saturated carbocycles. The summed E-state index contributed by atoms with van der Waals surface area (Å²) in [6, 6.07) is 0. The molecule has 5 heteroatoms. The Kier molecular flexibility index (Phi) is 12.5. The van der Waals surface area contributed by atoms with Crippen LogP contribution >= 0.6 is 0 Å². The van der Waals surface area contributed by atoms with Crippen LogP contribution in [-0.2, 0) is 0 Å². The zero-order chi connectivity index (χ0) is 23.9. The van der Waals surface area contributed by atoms with Gasteiger partial charge in [0.2, 0.25) is 0 Å². The molecular weight excluding hydrogens is 399 g/mol. The van der Waals surface area contributed by atoms with E-state index in [1.54, 1.807) is 19.4 Å². The Balaban J connectivity index is 3.54. The molecule has 32 heavy (non-hydrogen) atoms. The summed E-state index contributed by atoms with van der Waals surface area (Å²) in [4.78, 5) is 4.52. The van der Waals surface area contributed by atoms with Gasteiger partial charge in [-0.1, -0.05) is 38.2 Å². The molecule has 0 spiro atoms. The largest absolute Gasteiger partial charge is 0.368 e. The Morgan fingerprint density at radius 1 is 1.16 bits per heavy atom. The fraction of sp³-hybridized carbons (Fsp3) is 0.370. The molecule has 0 radical (unpaired) electrons. The van der Waals surface area contributed by atoms with E-state index in [-0.39, 0.29) is 5.83 Å². The van der Waals surface area contributed by atoms with E-state index in [2.05, 4.69) is 54.0 Å². The lowest BCUT2D eigenvalue weighted by Gasteiger charge is -2.23. The molecule has 0 fully saturated rings. The molecule has 0 amide bonds. The number of nitrogens with one attached hydrogen (secondary N) is 3. The van der Waals surface area contributed by atoms with Crippen molar-refractivity contribution < 1.29 is 4.39 Å². The first kappa shape index (κ1) is 27.0. The van der Waals surface area contributed by atoms with Gasteiger partial charge < -0.3 is 16.0 Å². The maximum atomic E-state index is 14.8. The zero-order valence-electron chi connectivity index (χ0n) is 20.3. The fourth-order valence-electron chi connectivity index (χ4n) is 3.30. The average molecular weight is 439 g/mol. The van der Waals surface area contributed by atoms with Crippen molar-refractivity contribution in [1.82, 2.24) is 16.0 Å². The number of hydrogen-bond acceptors (Lipinski definition) is 3. The van der Waals surface area contributed by atoms with E-state index in [4.69, 9.17) is 0 Å². The summed E-state index contributed by atoms with van der Waals surface area (Å²) in [7, 11) is 1.72. The van der Waals surface area contributed by atoms with Crippen LogP contribution in [0.25, 0.3) is 0 Å². The van der Waals surface area contributed by atoms with Crippen molar-refractivity contribution in [3.05, 3.63) is 95.6 Å². The van der Waals surface area contributed by atoms with Crippen molar-refractivity contribution >= 4 is 5.84 Å². The summed E-state index contributed by atoms with van der Waals surface area (Å²) in [5.41, 5.74) is 5.58. The minimum atomic E-state index is -0.130. The third-order valence-corrected chi connectivity index (χ3v) is 5.36. The van der Waals surface area contributed by atoms with Crippen molar-refractivity contribution in [2.45, 2.75) is 59.8 Å². The molecule has 0 aromatic heterocycles. The molecular formula is C27H39FN4. The molecule has 0 bridgehead atoms. The molecule has 0 heterocycles. The lowest BCUT2D eigenvalue weighted by Crippen LogP contribution is -2.28. The first-order valence-corrected chi connectivity index (χ1v) is 11.2. The second-order valence-electron chi connectivity index (χ2n) is 7.58. The Morgan fingerprint density at radius 3 is 2.47 bits per heavy atom. The maximum absolute atomic E-state index is 14.8. The predicted molar refractivity (Wildman–Crippen MR) is 137 cm³/mol. The van der Waals surface area contributed by atoms with E-state index in [0.717, 1.165) is 48.0 Å². The standard InChI is InChI=1S/C27H39FN4/c1-8-12-13-22(19-31-11-4)18-24(23(9-2)16-17-30-10-3)27(29-7)32-26-21(6)20(5)14-15-25(26)28/h9-11,16-19,30-31H,3-4,8,12-15H2,1-2,5-7H3,(H,29,32)/b17-16-,22-19-,23-9+,24-18-. The highest BCUT2D eigenvalue weighted by molar-refractivity contribution is 6.04. The summed E-state index contributed by atoms with van der Waals surface area (Å²) in [5, 5.41) is 9.38. The molecule has 1 aliphatic rings. The number of hydrogen-bond donors (Lipinski definition) is 3. The van der Waals surface area contributed by atoms with E-state index >= 15 is 0 Å². The first-order valence-electron chi connectivity index (χ1n) is 11.2. The van der Waals surface area contributed by atoms with Crippen molar-refractivity contribution in [1.29, 1.82) is 0 Å². The Hall–Kier alpha value is -3.08. The quantitative estimate of drug-likeness (QED) is 0.178. The van der Waals surface area contributed by atoms with Gasteiger partial charge in [0, 0.05) is 31.4 Å². The van der Waals surface area contributed by atoms with E-state index in [1.165, 1.54) is 5.57 Å². The van der Waals surface area contributed by atoms with Gasteiger partial charge in [-0.05, 0) is 81.3 Å². The van der Waals surface area contributed by atoms with Gasteiger partial charge in [0.1, 0.15) is 11.7 Å². The Labute approximate surface area is 193 Å². The van der Waals surface area contributed by atoms with Gasteiger partial charge in [-0.25, -0.2) is 4.39 Å². The number of aliphatic imine (C=N–C) groups is 1. The highest BCUT2D eigenvalue weighted by Gasteiger charge is 2.20. The van der Waals surface area contributed by atoms with Crippen molar-refractivity contribution in [2.24, 2.45) is 4.99 Å². The predicted octanol–water partition coefficient (Wildman–Crippen LogP) is 6.84. The third-order valence-electron chi connectivity index (χ3n) is 5.36. The second-order valence-corrected chi connectivity index (χ2v) is 7.58. The van der Waals surface area contributed by atoms with Crippen LogP contribution in [0.2, 0.25) is 0 Å². The van der Waals surface area contributed by atoms with E-state index in [0.29, 0.717) is 18.0 Å². The number of unbranched alkanes of at least 4 members (excludes halogenated alkanes) is 1. The van der Waals surface area contributed by atoms with E-state index in [1.807, 2.05) is 38.4 Å². The monoisotopic (exact) mass is 438 g/mol. The average Bonchev–Trinajstić information content (AvgIpc) is 2.80. The molecule has 0 saturated heterocycles. The zero-order valence-corrected chi connectivity index (χ0v) is 20.3. The summed E-state index contributed by atoms with van der Waals surface area (Å²) in [5.74, 6) is 0.483. The second kappa shape index (κ2) is 14.8. The third kappa shape index (κ3) is 8.22. The number of rotatable bonds is 12. The molecule has 0 atom stereocenters. The van der Waals surface area contributed by atoms with Crippen LogP contribution in [0.3, 0.4) is 0 Å². The van der Waals surface area contributed by atoms with Gasteiger partial charge in [-0.2, -0.15) is 0 Å². The highest BCUT2D eigenvalue weighted by atomic mass is 19.1. The SMILES string of the molecule is C=CN\C=C/C(=C\C)C(=C/C(=C\NC=C)CCCC)/C(=N/C)NC1=C(F)CCC(C)=C1C. The molecule has 3 N–H and O–H groups in total. The maximum Gasteiger partial charge on any atom is 0.133 e. The molecule has 4 nitrogen and oxygen atoms in total. The van der Waals surface area contributed by atoms with Gasteiger partial charge in [0.25, 0.3) is 0 Å². The van der Waals surface area contributed by atoms with Crippen LogP contribution in [0.15, 0.2) is 101 Å². The van der Waals surface area contributed by atoms with E-state index in [9.17, 15) is 4.39 Å². The van der Waals surface area contributed by atoms with Gasteiger partial charge >= 0.3 is 0 Å². The van der Waals surface area contributed by atoms with Crippen LogP contribution in [0.4, 0.5) is 4.39 Å². The van der Waals surface area contributed by atoms with Gasteiger partial charge in [0.05, 0.1) is 5.70 Å². The molecule has 0 aromatic rings. The van der Waals surface area contributed by atoms with Crippen LogP contribution in [-0.4, -0.2) is 12.9 Å². The molecule has 1 rings (SSSR count). The minimum absolute atomic E-state index is 0.130. The molecule has 0 unspecified atom stereocenters. The molecule has 0 aliphatic heterocycles. The summed E-state index contributed by atoms with van der Waals surface area (Å²) < 4.78 is 14.8. The lowest BCUT2D eigenvalue weighted by molar-refractivity contribution is 0.560. The topological polar surface area (TPSA) is 48.5 Å². The van der Waals surface area contributed by atoms with Crippen molar-refractivity contribution in [3.8, 4) is 0 Å². The van der Waals surface area contributed by atoms with Gasteiger partial charge in [-0.15, -0.1) is 0 Å². The first-order chi connectivity index (χ1) is 15.4. The minimum Gasteiger partial charge on any atom is -0.368 e. The number of halogens is 1. The van der Waals surface area contributed by atoms with Crippen molar-refractivity contribution in [3.63, 3.8) is 0 Å². The lowest BCUT2D eigenvalue weighted by atomic mass is 9.95. The Bertz CT molecular complexity index is 879. The fourth-order valence-corrected chi connectivity index (χ4v) is 3.30. The normalized spacial score (nSPS) is 16.6. The molecule has 1 aliphatic carbocycles. The summed E-state index contributed by atoms with van der Waals surface area (Å²) >= 11 is 0. The molecule has 0 aromatic carbocycles. The smallest absolute Gasteiger partial charge is 0.133 e. The molecule has 174 valence electrons. The summed E-state index contributed by atoms with van der Waals surface area (Å²) in [6.07, 6.45) is 17.3. The number of amidine groups is 1. The van der Waals surface area contributed by atoms with Crippen LogP contribution in [0.5, 0.6) is 0 Å².